The number of aromatic nitrogens is 1. The number of nitrogens with zero attached hydrogens (tertiary/aromatic N) is 1. The largest absolute Gasteiger partial charge is 0.310 e. The van der Waals surface area contributed by atoms with Crippen molar-refractivity contribution in [2.75, 3.05) is 6.54 Å². The van der Waals surface area contributed by atoms with Crippen molar-refractivity contribution in [2.45, 2.75) is 53.0 Å². The third kappa shape index (κ3) is 3.36. The molecule has 1 N–H and O–H groups in total. The van der Waals surface area contributed by atoms with Crippen molar-refractivity contribution in [3.05, 3.63) is 29.6 Å². The normalized spacial score (nSPS) is 29.2. The van der Waals surface area contributed by atoms with Crippen LogP contribution in [0.25, 0.3) is 0 Å². The minimum Gasteiger partial charge on any atom is -0.310 e. The molecule has 2 nitrogen and oxygen atoms in total. The van der Waals surface area contributed by atoms with E-state index in [1.165, 1.54) is 30.5 Å². The van der Waals surface area contributed by atoms with Gasteiger partial charge in [0.1, 0.15) is 0 Å². The van der Waals surface area contributed by atoms with Crippen molar-refractivity contribution in [1.29, 1.82) is 0 Å². The van der Waals surface area contributed by atoms with Gasteiger partial charge in [-0.3, -0.25) is 4.98 Å². The first-order valence-corrected chi connectivity index (χ1v) is 7.78. The smallest absolute Gasteiger partial charge is 0.0420 e. The summed E-state index contributed by atoms with van der Waals surface area (Å²) in [7, 11) is 0. The molecule has 1 aliphatic rings. The Labute approximate surface area is 118 Å². The van der Waals surface area contributed by atoms with Gasteiger partial charge in [-0.1, -0.05) is 33.3 Å². The number of nitrogens with one attached hydrogen (secondary N) is 1. The molecule has 0 radical (unpaired) electrons. The molecular weight excluding hydrogens is 232 g/mol. The van der Waals surface area contributed by atoms with Crippen molar-refractivity contribution in [1.82, 2.24) is 10.3 Å². The van der Waals surface area contributed by atoms with Gasteiger partial charge in [0.25, 0.3) is 0 Å². The number of rotatable bonds is 4. The topological polar surface area (TPSA) is 24.9 Å². The molecule has 4 atom stereocenters. The molecule has 0 saturated heterocycles. The molecule has 1 aromatic rings. The summed E-state index contributed by atoms with van der Waals surface area (Å²) in [5, 5.41) is 3.70. The summed E-state index contributed by atoms with van der Waals surface area (Å²) >= 11 is 0. The summed E-state index contributed by atoms with van der Waals surface area (Å²) in [6, 6.07) is 4.80. The maximum Gasteiger partial charge on any atom is 0.0420 e. The van der Waals surface area contributed by atoms with Gasteiger partial charge >= 0.3 is 0 Å². The van der Waals surface area contributed by atoms with Gasteiger partial charge in [-0.2, -0.15) is 0 Å². The van der Waals surface area contributed by atoms with E-state index in [1.54, 1.807) is 0 Å². The zero-order valence-corrected chi connectivity index (χ0v) is 12.8. The molecule has 19 heavy (non-hydrogen) atoms. The standard InChI is InChI=1S/C17H28N2/c1-5-18-17(16-7-6-10-19-14(16)4)15-9-8-12(2)13(3)11-15/h6-7,10,12-13,15,17-18H,5,8-9,11H2,1-4H3. The molecule has 2 heteroatoms. The van der Waals surface area contributed by atoms with E-state index in [2.05, 4.69) is 50.1 Å². The fourth-order valence-corrected chi connectivity index (χ4v) is 3.47. The van der Waals surface area contributed by atoms with Crippen LogP contribution in [-0.2, 0) is 0 Å². The quantitative estimate of drug-likeness (QED) is 0.881. The van der Waals surface area contributed by atoms with Gasteiger partial charge in [0.2, 0.25) is 0 Å². The highest BCUT2D eigenvalue weighted by atomic mass is 14.9. The van der Waals surface area contributed by atoms with Crippen LogP contribution in [0.2, 0.25) is 0 Å². The fourth-order valence-electron chi connectivity index (χ4n) is 3.47. The van der Waals surface area contributed by atoms with E-state index < -0.39 is 0 Å². The number of pyridine rings is 1. The lowest BCUT2D eigenvalue weighted by molar-refractivity contribution is 0.171. The van der Waals surface area contributed by atoms with E-state index in [-0.39, 0.29) is 0 Å². The van der Waals surface area contributed by atoms with Gasteiger partial charge < -0.3 is 5.32 Å². The van der Waals surface area contributed by atoms with Gasteiger partial charge in [-0.25, -0.2) is 0 Å². The van der Waals surface area contributed by atoms with Gasteiger partial charge in [0, 0.05) is 17.9 Å². The van der Waals surface area contributed by atoms with Gasteiger partial charge in [0.05, 0.1) is 0 Å². The Morgan fingerprint density at radius 3 is 2.74 bits per heavy atom. The molecule has 1 saturated carbocycles. The van der Waals surface area contributed by atoms with Gasteiger partial charge in [0.15, 0.2) is 0 Å². The van der Waals surface area contributed by atoms with Crippen LogP contribution < -0.4 is 5.32 Å². The Morgan fingerprint density at radius 1 is 1.32 bits per heavy atom. The van der Waals surface area contributed by atoms with E-state index in [4.69, 9.17) is 0 Å². The van der Waals surface area contributed by atoms with Gasteiger partial charge in [-0.15, -0.1) is 0 Å². The first-order chi connectivity index (χ1) is 9.13. The monoisotopic (exact) mass is 260 g/mol. The second-order valence-electron chi connectivity index (χ2n) is 6.24. The van der Waals surface area contributed by atoms with Gasteiger partial charge in [-0.05, 0) is 55.7 Å². The molecule has 1 aliphatic carbocycles. The van der Waals surface area contributed by atoms with Crippen LogP contribution in [0.5, 0.6) is 0 Å². The van der Waals surface area contributed by atoms with Crippen molar-refractivity contribution < 1.29 is 0 Å². The third-order valence-corrected chi connectivity index (χ3v) is 4.92. The highest BCUT2D eigenvalue weighted by Crippen LogP contribution is 2.40. The summed E-state index contributed by atoms with van der Waals surface area (Å²) in [6.07, 6.45) is 5.95. The molecule has 1 fully saturated rings. The lowest BCUT2D eigenvalue weighted by Crippen LogP contribution is -2.33. The summed E-state index contributed by atoms with van der Waals surface area (Å²) in [5.41, 5.74) is 2.58. The molecule has 1 aromatic heterocycles. The minimum atomic E-state index is 0.480. The molecule has 106 valence electrons. The molecule has 0 aliphatic heterocycles. The van der Waals surface area contributed by atoms with Crippen LogP contribution in [0.15, 0.2) is 18.3 Å². The highest BCUT2D eigenvalue weighted by molar-refractivity contribution is 5.23. The molecule has 2 rings (SSSR count). The number of aryl methyl sites for hydroxylation is 1. The van der Waals surface area contributed by atoms with Crippen molar-refractivity contribution >= 4 is 0 Å². The van der Waals surface area contributed by atoms with Crippen LogP contribution in [0.3, 0.4) is 0 Å². The first kappa shape index (κ1) is 14.5. The predicted molar refractivity (Wildman–Crippen MR) is 81.1 cm³/mol. The Kier molecular flexibility index (Phi) is 4.98. The average molecular weight is 260 g/mol. The maximum absolute atomic E-state index is 4.47. The molecule has 1 heterocycles. The van der Waals surface area contributed by atoms with Crippen LogP contribution in [0.1, 0.15) is 57.3 Å². The second-order valence-corrected chi connectivity index (χ2v) is 6.24. The highest BCUT2D eigenvalue weighted by Gasteiger charge is 2.31. The van der Waals surface area contributed by atoms with E-state index >= 15 is 0 Å². The second kappa shape index (κ2) is 6.51. The van der Waals surface area contributed by atoms with Crippen molar-refractivity contribution in [3.63, 3.8) is 0 Å². The summed E-state index contributed by atoms with van der Waals surface area (Å²) in [4.78, 5) is 4.47. The average Bonchev–Trinajstić information content (AvgIpc) is 2.40. The molecule has 0 bridgehead atoms. The third-order valence-electron chi connectivity index (χ3n) is 4.92. The number of hydrogen-bond acceptors (Lipinski definition) is 2. The number of hydrogen-bond donors (Lipinski definition) is 1. The molecular formula is C17H28N2. The lowest BCUT2D eigenvalue weighted by Gasteiger charge is -2.37. The summed E-state index contributed by atoms with van der Waals surface area (Å²) in [6.45, 7) is 10.2. The van der Waals surface area contributed by atoms with E-state index in [0.717, 1.165) is 24.3 Å². The van der Waals surface area contributed by atoms with Crippen LogP contribution in [0.4, 0.5) is 0 Å². The summed E-state index contributed by atoms with van der Waals surface area (Å²) in [5.74, 6) is 2.49. The molecule has 0 spiro atoms. The molecule has 0 amide bonds. The first-order valence-electron chi connectivity index (χ1n) is 7.78. The van der Waals surface area contributed by atoms with Crippen LogP contribution in [0, 0.1) is 24.7 Å². The Hall–Kier alpha value is -0.890. The van der Waals surface area contributed by atoms with E-state index in [0.29, 0.717) is 6.04 Å². The molecule has 0 aromatic carbocycles. The van der Waals surface area contributed by atoms with Crippen LogP contribution >= 0.6 is 0 Å². The zero-order valence-electron chi connectivity index (χ0n) is 12.8. The van der Waals surface area contributed by atoms with Crippen molar-refractivity contribution in [3.8, 4) is 0 Å². The Balaban J connectivity index is 2.19. The minimum absolute atomic E-state index is 0.480. The van der Waals surface area contributed by atoms with Crippen molar-refractivity contribution in [2.24, 2.45) is 17.8 Å². The van der Waals surface area contributed by atoms with E-state index in [1.807, 2.05) is 6.20 Å². The Morgan fingerprint density at radius 2 is 2.11 bits per heavy atom. The summed E-state index contributed by atoms with van der Waals surface area (Å²) < 4.78 is 0. The zero-order chi connectivity index (χ0) is 13.8. The maximum atomic E-state index is 4.47. The predicted octanol–water partition coefficient (Wildman–Crippen LogP) is 4.11. The molecule has 4 unspecified atom stereocenters. The van der Waals surface area contributed by atoms with E-state index in [9.17, 15) is 0 Å². The Bertz CT molecular complexity index is 402. The fraction of sp³-hybridized carbons (Fsp3) is 0.706. The van der Waals surface area contributed by atoms with Crippen LogP contribution in [-0.4, -0.2) is 11.5 Å². The SMILES string of the molecule is CCNC(c1cccnc1C)C1CCC(C)C(C)C1. The lowest BCUT2D eigenvalue weighted by atomic mass is 9.72.